The van der Waals surface area contributed by atoms with Gasteiger partial charge in [0, 0.05) is 19.1 Å². The van der Waals surface area contributed by atoms with E-state index in [-0.39, 0.29) is 23.2 Å². The average Bonchev–Trinajstić information content (AvgIpc) is 2.99. The third-order valence-electron chi connectivity index (χ3n) is 5.50. The van der Waals surface area contributed by atoms with Gasteiger partial charge in [0.1, 0.15) is 12.4 Å². The summed E-state index contributed by atoms with van der Waals surface area (Å²) in [6, 6.07) is 10.3. The highest BCUT2D eigenvalue weighted by Gasteiger charge is 2.36. The predicted octanol–water partition coefficient (Wildman–Crippen LogP) is 2.50. The van der Waals surface area contributed by atoms with E-state index in [1.54, 1.807) is 24.3 Å². The molecule has 2 heterocycles. The zero-order valence-electron chi connectivity index (χ0n) is 16.4. The van der Waals surface area contributed by atoms with Crippen molar-refractivity contribution in [2.75, 3.05) is 19.6 Å². The molecule has 31 heavy (non-hydrogen) atoms. The summed E-state index contributed by atoms with van der Waals surface area (Å²) in [5, 5.41) is 2.87. The minimum Gasteiger partial charge on any atom is -0.352 e. The average molecular weight is 444 g/mol. The van der Waals surface area contributed by atoms with Crippen molar-refractivity contribution in [2.45, 2.75) is 18.9 Å². The molecule has 1 saturated heterocycles. The maximum atomic E-state index is 14.0. The van der Waals surface area contributed by atoms with Crippen LogP contribution in [0.1, 0.15) is 43.9 Å². The van der Waals surface area contributed by atoms with Crippen molar-refractivity contribution in [1.29, 1.82) is 0 Å². The Kier molecular flexibility index (Phi) is 5.73. The molecule has 0 radical (unpaired) electrons. The predicted molar refractivity (Wildman–Crippen MR) is 110 cm³/mol. The van der Waals surface area contributed by atoms with E-state index in [1.807, 2.05) is 0 Å². The largest absolute Gasteiger partial charge is 0.352 e. The lowest BCUT2D eigenvalue weighted by Gasteiger charge is -2.33. The topological polar surface area (TPSA) is 86.8 Å². The van der Waals surface area contributed by atoms with Crippen LogP contribution in [0, 0.1) is 5.82 Å². The number of carbonyl (C=O) groups is 4. The number of hydrogen-bond acceptors (Lipinski definition) is 4. The number of halogens is 2. The number of amides is 4. The summed E-state index contributed by atoms with van der Waals surface area (Å²) < 4.78 is 14.0. The molecule has 0 aromatic heterocycles. The summed E-state index contributed by atoms with van der Waals surface area (Å²) in [6.45, 7) is 0.277. The van der Waals surface area contributed by atoms with Crippen LogP contribution in [0.25, 0.3) is 0 Å². The van der Waals surface area contributed by atoms with Gasteiger partial charge in [-0.05, 0) is 37.1 Å². The Hall–Kier alpha value is -3.26. The van der Waals surface area contributed by atoms with E-state index in [9.17, 15) is 23.6 Å². The molecule has 4 rings (SSSR count). The molecule has 2 aromatic carbocycles. The van der Waals surface area contributed by atoms with E-state index in [0.29, 0.717) is 37.1 Å². The Bertz CT molecular complexity index is 1030. The fraction of sp³-hybridized carbons (Fsp3) is 0.273. The summed E-state index contributed by atoms with van der Waals surface area (Å²) >= 11 is 5.98. The number of piperidine rings is 1. The van der Waals surface area contributed by atoms with Gasteiger partial charge in [-0.1, -0.05) is 29.8 Å². The fourth-order valence-electron chi connectivity index (χ4n) is 3.89. The molecule has 160 valence electrons. The van der Waals surface area contributed by atoms with E-state index in [4.69, 9.17) is 11.6 Å². The van der Waals surface area contributed by atoms with Crippen LogP contribution < -0.4 is 5.32 Å². The van der Waals surface area contributed by atoms with Crippen LogP contribution in [0.5, 0.6) is 0 Å². The monoisotopic (exact) mass is 443 g/mol. The van der Waals surface area contributed by atoms with Gasteiger partial charge in [-0.3, -0.25) is 24.1 Å². The van der Waals surface area contributed by atoms with Crippen LogP contribution in [-0.4, -0.2) is 59.1 Å². The first-order chi connectivity index (χ1) is 14.9. The number of fused-ring (bicyclic) bond motifs is 1. The maximum Gasteiger partial charge on any atom is 0.262 e. The molecule has 0 aliphatic carbocycles. The molecule has 2 aliphatic rings. The molecule has 0 spiro atoms. The van der Waals surface area contributed by atoms with Crippen LogP contribution in [0.15, 0.2) is 42.5 Å². The molecule has 2 aromatic rings. The third kappa shape index (κ3) is 4.03. The lowest BCUT2D eigenvalue weighted by Crippen LogP contribution is -2.49. The lowest BCUT2D eigenvalue weighted by atomic mass is 10.0. The van der Waals surface area contributed by atoms with Crippen molar-refractivity contribution in [3.8, 4) is 0 Å². The standard InChI is InChI=1S/C22H19ClFN3O4/c23-16-6-3-7-17(24)19(16)22(31)26-10-8-13(9-11-26)25-18(28)12-27-20(29)14-4-1-2-5-15(14)21(27)30/h1-7,13H,8-12H2,(H,25,28). The van der Waals surface area contributed by atoms with Crippen LogP contribution in [0.3, 0.4) is 0 Å². The number of rotatable bonds is 4. The number of nitrogens with zero attached hydrogens (tertiary/aromatic N) is 2. The van der Waals surface area contributed by atoms with E-state index in [0.717, 1.165) is 4.90 Å². The van der Waals surface area contributed by atoms with E-state index < -0.39 is 29.4 Å². The molecular weight excluding hydrogens is 425 g/mol. The second-order valence-corrected chi connectivity index (χ2v) is 7.88. The summed E-state index contributed by atoms with van der Waals surface area (Å²) in [4.78, 5) is 52.2. The number of hydrogen-bond donors (Lipinski definition) is 1. The van der Waals surface area contributed by atoms with E-state index >= 15 is 0 Å². The van der Waals surface area contributed by atoms with Crippen molar-refractivity contribution in [3.63, 3.8) is 0 Å². The number of likely N-dealkylation sites (tertiary alicyclic amines) is 1. The van der Waals surface area contributed by atoms with Crippen molar-refractivity contribution in [2.24, 2.45) is 0 Å². The first-order valence-electron chi connectivity index (χ1n) is 9.84. The Morgan fingerprint density at radius 3 is 2.19 bits per heavy atom. The molecule has 4 amide bonds. The van der Waals surface area contributed by atoms with Crippen molar-refractivity contribution in [1.82, 2.24) is 15.1 Å². The van der Waals surface area contributed by atoms with Gasteiger partial charge in [0.2, 0.25) is 5.91 Å². The van der Waals surface area contributed by atoms with Crippen LogP contribution in [0.4, 0.5) is 4.39 Å². The smallest absolute Gasteiger partial charge is 0.262 e. The van der Waals surface area contributed by atoms with Gasteiger partial charge in [-0.2, -0.15) is 0 Å². The highest BCUT2D eigenvalue weighted by atomic mass is 35.5. The van der Waals surface area contributed by atoms with Gasteiger partial charge in [0.05, 0.1) is 21.7 Å². The summed E-state index contributed by atoms with van der Waals surface area (Å²) in [6.07, 6.45) is 0.928. The first-order valence-corrected chi connectivity index (χ1v) is 10.2. The zero-order valence-corrected chi connectivity index (χ0v) is 17.2. The van der Waals surface area contributed by atoms with Crippen molar-refractivity contribution >= 4 is 35.2 Å². The summed E-state index contributed by atoms with van der Waals surface area (Å²) in [7, 11) is 0. The molecule has 0 bridgehead atoms. The molecule has 9 heteroatoms. The van der Waals surface area contributed by atoms with Gasteiger partial charge in [0.15, 0.2) is 0 Å². The van der Waals surface area contributed by atoms with Crippen LogP contribution >= 0.6 is 11.6 Å². The zero-order chi connectivity index (χ0) is 22.1. The fourth-order valence-corrected chi connectivity index (χ4v) is 4.13. The third-order valence-corrected chi connectivity index (χ3v) is 5.82. The number of carbonyl (C=O) groups excluding carboxylic acids is 4. The number of benzene rings is 2. The molecule has 0 atom stereocenters. The molecule has 2 aliphatic heterocycles. The Morgan fingerprint density at radius 1 is 1.00 bits per heavy atom. The van der Waals surface area contributed by atoms with Crippen molar-refractivity contribution in [3.05, 3.63) is 70.0 Å². The number of nitrogens with one attached hydrogen (secondary N) is 1. The van der Waals surface area contributed by atoms with Gasteiger partial charge in [-0.25, -0.2) is 4.39 Å². The molecule has 1 fully saturated rings. The van der Waals surface area contributed by atoms with E-state index in [2.05, 4.69) is 5.32 Å². The molecule has 0 unspecified atom stereocenters. The molecular formula is C22H19ClFN3O4. The maximum absolute atomic E-state index is 14.0. The Morgan fingerprint density at radius 2 is 1.61 bits per heavy atom. The second kappa shape index (κ2) is 8.47. The first kappa shape index (κ1) is 21.0. The second-order valence-electron chi connectivity index (χ2n) is 7.47. The minimum absolute atomic E-state index is 0.0568. The van der Waals surface area contributed by atoms with Crippen LogP contribution in [0.2, 0.25) is 5.02 Å². The van der Waals surface area contributed by atoms with Gasteiger partial charge in [-0.15, -0.1) is 0 Å². The van der Waals surface area contributed by atoms with Crippen molar-refractivity contribution < 1.29 is 23.6 Å². The normalized spacial score (nSPS) is 16.5. The Balaban J connectivity index is 1.31. The number of imide groups is 1. The Labute approximate surface area is 182 Å². The highest BCUT2D eigenvalue weighted by Crippen LogP contribution is 2.24. The quantitative estimate of drug-likeness (QED) is 0.735. The summed E-state index contributed by atoms with van der Waals surface area (Å²) in [5.41, 5.74) is 0.426. The van der Waals surface area contributed by atoms with Crippen LogP contribution in [-0.2, 0) is 4.79 Å². The molecule has 0 saturated carbocycles. The van der Waals surface area contributed by atoms with Gasteiger partial charge >= 0.3 is 0 Å². The van der Waals surface area contributed by atoms with E-state index in [1.165, 1.54) is 23.1 Å². The summed E-state index contributed by atoms with van der Waals surface area (Å²) in [5.74, 6) is -2.58. The highest BCUT2D eigenvalue weighted by molar-refractivity contribution is 6.33. The lowest BCUT2D eigenvalue weighted by molar-refractivity contribution is -0.122. The SMILES string of the molecule is O=C(CN1C(=O)c2ccccc2C1=O)NC1CCN(C(=O)c2c(F)cccc2Cl)CC1. The van der Waals surface area contributed by atoms with Gasteiger partial charge < -0.3 is 10.2 Å². The molecule has 1 N–H and O–H groups in total. The van der Waals surface area contributed by atoms with Gasteiger partial charge in [0.25, 0.3) is 17.7 Å². The molecule has 7 nitrogen and oxygen atoms in total. The minimum atomic E-state index is -0.672.